The number of carbonyl (C=O) groups excluding carboxylic acids is 2. The zero-order valence-corrected chi connectivity index (χ0v) is 8.78. The molecule has 4 heteroatoms. The number of ketones is 1. The van der Waals surface area contributed by atoms with E-state index < -0.39 is 6.04 Å². The lowest BCUT2D eigenvalue weighted by Gasteiger charge is -2.19. The van der Waals surface area contributed by atoms with Crippen LogP contribution >= 0.6 is 0 Å². The van der Waals surface area contributed by atoms with Crippen LogP contribution in [-0.4, -0.2) is 42.4 Å². The standard InChI is InChI=1S/C10H17NO3/c1-3-7-14-10(13)9-8(12)5-6-11(9)4-2/h9H,3-7H2,1-2H3. The summed E-state index contributed by atoms with van der Waals surface area (Å²) in [5, 5.41) is 0. The van der Waals surface area contributed by atoms with Crippen LogP contribution in [0.2, 0.25) is 0 Å². The van der Waals surface area contributed by atoms with Crippen LogP contribution in [0, 0.1) is 0 Å². The maximum Gasteiger partial charge on any atom is 0.331 e. The Morgan fingerprint density at radius 2 is 2.29 bits per heavy atom. The summed E-state index contributed by atoms with van der Waals surface area (Å²) in [6.45, 7) is 5.68. The number of likely N-dealkylation sites (tertiary alicyclic amines) is 1. The zero-order chi connectivity index (χ0) is 10.6. The molecule has 0 N–H and O–H groups in total. The maximum absolute atomic E-state index is 11.5. The van der Waals surface area contributed by atoms with E-state index >= 15 is 0 Å². The molecule has 0 bridgehead atoms. The molecule has 1 aliphatic heterocycles. The summed E-state index contributed by atoms with van der Waals surface area (Å²) in [5.41, 5.74) is 0. The molecule has 0 aromatic carbocycles. The van der Waals surface area contributed by atoms with Crippen molar-refractivity contribution in [3.8, 4) is 0 Å². The van der Waals surface area contributed by atoms with E-state index in [4.69, 9.17) is 4.74 Å². The maximum atomic E-state index is 11.5. The molecular formula is C10H17NO3. The Hall–Kier alpha value is -0.900. The topological polar surface area (TPSA) is 46.6 Å². The number of rotatable bonds is 4. The molecule has 1 fully saturated rings. The van der Waals surface area contributed by atoms with Crippen molar-refractivity contribution in [2.24, 2.45) is 0 Å². The van der Waals surface area contributed by atoms with Crippen molar-refractivity contribution in [1.29, 1.82) is 0 Å². The van der Waals surface area contributed by atoms with Crippen molar-refractivity contribution in [2.75, 3.05) is 19.7 Å². The number of ether oxygens (including phenoxy) is 1. The SMILES string of the molecule is CCCOC(=O)C1C(=O)CCN1CC. The molecule has 14 heavy (non-hydrogen) atoms. The average Bonchev–Trinajstić information content (AvgIpc) is 2.56. The minimum atomic E-state index is -0.633. The van der Waals surface area contributed by atoms with Gasteiger partial charge in [0, 0.05) is 13.0 Å². The van der Waals surface area contributed by atoms with E-state index in [1.165, 1.54) is 0 Å². The van der Waals surface area contributed by atoms with Gasteiger partial charge in [-0.25, -0.2) is 4.79 Å². The molecule has 0 spiro atoms. The Morgan fingerprint density at radius 3 is 2.86 bits per heavy atom. The summed E-state index contributed by atoms with van der Waals surface area (Å²) in [5.74, 6) is -0.385. The van der Waals surface area contributed by atoms with Gasteiger partial charge in [-0.1, -0.05) is 13.8 Å². The lowest BCUT2D eigenvalue weighted by Crippen LogP contribution is -2.41. The fraction of sp³-hybridized carbons (Fsp3) is 0.800. The predicted molar refractivity (Wildman–Crippen MR) is 51.9 cm³/mol. The van der Waals surface area contributed by atoms with Gasteiger partial charge in [0.05, 0.1) is 6.61 Å². The first kappa shape index (κ1) is 11.2. The first-order valence-corrected chi connectivity index (χ1v) is 5.14. The van der Waals surface area contributed by atoms with Crippen molar-refractivity contribution in [3.05, 3.63) is 0 Å². The Labute approximate surface area is 84.2 Å². The number of nitrogens with zero attached hydrogens (tertiary/aromatic N) is 1. The molecule has 1 atom stereocenters. The van der Waals surface area contributed by atoms with E-state index in [1.54, 1.807) is 0 Å². The average molecular weight is 199 g/mol. The Kier molecular flexibility index (Phi) is 4.07. The minimum absolute atomic E-state index is 0.00652. The highest BCUT2D eigenvalue weighted by molar-refractivity contribution is 6.04. The van der Waals surface area contributed by atoms with Gasteiger partial charge in [0.25, 0.3) is 0 Å². The van der Waals surface area contributed by atoms with Crippen LogP contribution in [0.25, 0.3) is 0 Å². The Balaban J connectivity index is 2.54. The van der Waals surface area contributed by atoms with Crippen molar-refractivity contribution >= 4 is 11.8 Å². The normalized spacial score (nSPS) is 22.7. The van der Waals surface area contributed by atoms with Crippen LogP contribution in [0.15, 0.2) is 0 Å². The second-order valence-corrected chi connectivity index (χ2v) is 3.41. The van der Waals surface area contributed by atoms with Gasteiger partial charge in [-0.15, -0.1) is 0 Å². The van der Waals surface area contributed by atoms with Gasteiger partial charge in [-0.3, -0.25) is 9.69 Å². The molecule has 0 radical (unpaired) electrons. The molecule has 1 heterocycles. The quantitative estimate of drug-likeness (QED) is 0.491. The van der Waals surface area contributed by atoms with E-state index in [1.807, 2.05) is 18.7 Å². The first-order valence-electron chi connectivity index (χ1n) is 5.14. The number of likely N-dealkylation sites (N-methyl/N-ethyl adjacent to an activating group) is 1. The molecule has 1 rings (SSSR count). The second-order valence-electron chi connectivity index (χ2n) is 3.41. The summed E-state index contributed by atoms with van der Waals surface area (Å²) in [6, 6.07) is -0.633. The number of carbonyl (C=O) groups is 2. The third-order valence-electron chi connectivity index (χ3n) is 2.39. The van der Waals surface area contributed by atoms with Crippen molar-refractivity contribution in [3.63, 3.8) is 0 Å². The smallest absolute Gasteiger partial charge is 0.331 e. The number of hydrogen-bond acceptors (Lipinski definition) is 4. The van der Waals surface area contributed by atoms with Gasteiger partial charge < -0.3 is 4.74 Å². The second kappa shape index (κ2) is 5.10. The number of Topliss-reactive ketones (excluding diaryl/α,β-unsaturated/α-hetero) is 1. The van der Waals surface area contributed by atoms with Crippen LogP contribution in [-0.2, 0) is 14.3 Å². The molecule has 0 aromatic rings. The molecule has 1 aliphatic rings. The molecule has 1 saturated heterocycles. The monoisotopic (exact) mass is 199 g/mol. The molecular weight excluding hydrogens is 182 g/mol. The third-order valence-corrected chi connectivity index (χ3v) is 2.39. The van der Waals surface area contributed by atoms with E-state index in [9.17, 15) is 9.59 Å². The van der Waals surface area contributed by atoms with E-state index in [0.29, 0.717) is 19.6 Å². The molecule has 0 aliphatic carbocycles. The fourth-order valence-electron chi connectivity index (χ4n) is 1.63. The number of hydrogen-bond donors (Lipinski definition) is 0. The van der Waals surface area contributed by atoms with Crippen LogP contribution in [0.5, 0.6) is 0 Å². The van der Waals surface area contributed by atoms with Crippen molar-refractivity contribution < 1.29 is 14.3 Å². The number of esters is 1. The first-order chi connectivity index (χ1) is 6.70. The molecule has 1 unspecified atom stereocenters. The van der Waals surface area contributed by atoms with Gasteiger partial charge in [-0.05, 0) is 13.0 Å². The lowest BCUT2D eigenvalue weighted by atomic mass is 10.2. The summed E-state index contributed by atoms with van der Waals surface area (Å²) in [7, 11) is 0. The van der Waals surface area contributed by atoms with E-state index in [2.05, 4.69) is 0 Å². The molecule has 0 saturated carbocycles. The lowest BCUT2D eigenvalue weighted by molar-refractivity contribution is -0.151. The summed E-state index contributed by atoms with van der Waals surface area (Å²) in [4.78, 5) is 24.8. The largest absolute Gasteiger partial charge is 0.464 e. The van der Waals surface area contributed by atoms with Gasteiger partial charge >= 0.3 is 5.97 Å². The van der Waals surface area contributed by atoms with Crippen molar-refractivity contribution in [1.82, 2.24) is 4.90 Å². The molecule has 4 nitrogen and oxygen atoms in total. The molecule has 80 valence electrons. The zero-order valence-electron chi connectivity index (χ0n) is 8.78. The summed E-state index contributed by atoms with van der Waals surface area (Å²) in [6.07, 6.45) is 1.26. The van der Waals surface area contributed by atoms with Crippen molar-refractivity contribution in [2.45, 2.75) is 32.7 Å². The van der Waals surface area contributed by atoms with Crippen LogP contribution in [0.4, 0.5) is 0 Å². The Morgan fingerprint density at radius 1 is 1.57 bits per heavy atom. The third kappa shape index (κ3) is 2.32. The summed E-state index contributed by atoms with van der Waals surface area (Å²) >= 11 is 0. The highest BCUT2D eigenvalue weighted by atomic mass is 16.5. The van der Waals surface area contributed by atoms with Gasteiger partial charge in [-0.2, -0.15) is 0 Å². The Bertz CT molecular complexity index is 227. The minimum Gasteiger partial charge on any atom is -0.464 e. The van der Waals surface area contributed by atoms with Gasteiger partial charge in [0.15, 0.2) is 11.8 Å². The predicted octanol–water partition coefficient (Wildman–Crippen LogP) is 0.603. The van der Waals surface area contributed by atoms with Gasteiger partial charge in [0.2, 0.25) is 0 Å². The van der Waals surface area contributed by atoms with Crippen LogP contribution in [0.3, 0.4) is 0 Å². The van der Waals surface area contributed by atoms with Crippen LogP contribution in [0.1, 0.15) is 26.7 Å². The van der Waals surface area contributed by atoms with E-state index in [0.717, 1.165) is 13.0 Å². The highest BCUT2D eigenvalue weighted by Gasteiger charge is 2.38. The molecule has 0 amide bonds. The van der Waals surface area contributed by atoms with Gasteiger partial charge in [0.1, 0.15) is 0 Å². The fourth-order valence-corrected chi connectivity index (χ4v) is 1.63. The van der Waals surface area contributed by atoms with Crippen LogP contribution < -0.4 is 0 Å². The van der Waals surface area contributed by atoms with E-state index in [-0.39, 0.29) is 11.8 Å². The highest BCUT2D eigenvalue weighted by Crippen LogP contribution is 2.14. The summed E-state index contributed by atoms with van der Waals surface area (Å²) < 4.78 is 4.98. The molecule has 0 aromatic heterocycles.